The van der Waals surface area contributed by atoms with Gasteiger partial charge in [-0.25, -0.2) is 0 Å². The summed E-state index contributed by atoms with van der Waals surface area (Å²) in [4.78, 5) is 0. The lowest BCUT2D eigenvalue weighted by Crippen LogP contribution is -2.43. The average molecular weight is 230 g/mol. The average Bonchev–Trinajstić information content (AvgIpc) is 2.28. The van der Waals surface area contributed by atoms with Gasteiger partial charge in [0, 0.05) is 26.7 Å². The molecular formula is C12H26N2O2. The van der Waals surface area contributed by atoms with Crippen molar-refractivity contribution >= 4 is 0 Å². The van der Waals surface area contributed by atoms with Gasteiger partial charge < -0.3 is 20.5 Å². The third kappa shape index (κ3) is 5.80. The number of aliphatic hydroxyl groups is 1. The SMILES string of the molecule is COCCC(C)(O)CNCC1CCCNC1. The number of rotatable bonds is 7. The van der Waals surface area contributed by atoms with Crippen LogP contribution in [0.15, 0.2) is 0 Å². The zero-order valence-corrected chi connectivity index (χ0v) is 10.6. The van der Waals surface area contributed by atoms with Gasteiger partial charge in [0.05, 0.1) is 5.60 Å². The summed E-state index contributed by atoms with van der Waals surface area (Å²) in [5, 5.41) is 16.8. The molecule has 4 heteroatoms. The van der Waals surface area contributed by atoms with E-state index in [2.05, 4.69) is 10.6 Å². The van der Waals surface area contributed by atoms with E-state index in [1.807, 2.05) is 6.92 Å². The molecular weight excluding hydrogens is 204 g/mol. The summed E-state index contributed by atoms with van der Waals surface area (Å²) in [7, 11) is 1.66. The van der Waals surface area contributed by atoms with E-state index in [1.54, 1.807) is 7.11 Å². The maximum atomic E-state index is 10.0. The molecule has 16 heavy (non-hydrogen) atoms. The lowest BCUT2D eigenvalue weighted by molar-refractivity contribution is 0.0242. The number of methoxy groups -OCH3 is 1. The molecule has 0 spiro atoms. The van der Waals surface area contributed by atoms with Crippen LogP contribution in [0.2, 0.25) is 0 Å². The first-order valence-electron chi connectivity index (χ1n) is 6.27. The highest BCUT2D eigenvalue weighted by Gasteiger charge is 2.20. The molecule has 1 aliphatic rings. The minimum Gasteiger partial charge on any atom is -0.389 e. The summed E-state index contributed by atoms with van der Waals surface area (Å²) in [6.45, 7) is 6.37. The number of nitrogens with one attached hydrogen (secondary N) is 2. The first kappa shape index (κ1) is 13.9. The van der Waals surface area contributed by atoms with Crippen molar-refractivity contribution < 1.29 is 9.84 Å². The summed E-state index contributed by atoms with van der Waals surface area (Å²) in [5.74, 6) is 0.715. The topological polar surface area (TPSA) is 53.5 Å². The van der Waals surface area contributed by atoms with E-state index in [0.717, 1.165) is 19.6 Å². The Morgan fingerprint density at radius 2 is 2.38 bits per heavy atom. The van der Waals surface area contributed by atoms with Gasteiger partial charge in [0.15, 0.2) is 0 Å². The van der Waals surface area contributed by atoms with Crippen LogP contribution in [0, 0.1) is 5.92 Å². The lowest BCUT2D eigenvalue weighted by atomic mass is 9.98. The van der Waals surface area contributed by atoms with E-state index in [0.29, 0.717) is 25.5 Å². The van der Waals surface area contributed by atoms with Crippen molar-refractivity contribution in [3.05, 3.63) is 0 Å². The summed E-state index contributed by atoms with van der Waals surface area (Å²) in [6, 6.07) is 0. The maximum Gasteiger partial charge on any atom is 0.0765 e. The van der Waals surface area contributed by atoms with Crippen molar-refractivity contribution in [1.29, 1.82) is 0 Å². The normalized spacial score (nSPS) is 25.3. The Labute approximate surface area is 98.8 Å². The predicted octanol–water partition coefficient (Wildman–Crippen LogP) is 0.363. The van der Waals surface area contributed by atoms with Crippen molar-refractivity contribution in [3.63, 3.8) is 0 Å². The highest BCUT2D eigenvalue weighted by atomic mass is 16.5. The fourth-order valence-electron chi connectivity index (χ4n) is 2.05. The van der Waals surface area contributed by atoms with Crippen molar-refractivity contribution in [3.8, 4) is 0 Å². The molecule has 1 saturated heterocycles. The molecule has 1 rings (SSSR count). The molecule has 0 saturated carbocycles. The van der Waals surface area contributed by atoms with E-state index in [4.69, 9.17) is 4.74 Å². The van der Waals surface area contributed by atoms with Gasteiger partial charge in [-0.2, -0.15) is 0 Å². The second-order valence-corrected chi connectivity index (χ2v) is 5.08. The molecule has 0 aromatic heterocycles. The molecule has 1 aliphatic heterocycles. The molecule has 0 aliphatic carbocycles. The summed E-state index contributed by atoms with van der Waals surface area (Å²) in [5.41, 5.74) is -0.655. The minimum atomic E-state index is -0.655. The first-order valence-corrected chi connectivity index (χ1v) is 6.27. The zero-order valence-electron chi connectivity index (χ0n) is 10.6. The Bertz CT molecular complexity index is 180. The van der Waals surface area contributed by atoms with Crippen LogP contribution in [0.5, 0.6) is 0 Å². The highest BCUT2D eigenvalue weighted by Crippen LogP contribution is 2.10. The molecule has 4 nitrogen and oxygen atoms in total. The molecule has 0 amide bonds. The van der Waals surface area contributed by atoms with Crippen molar-refractivity contribution in [1.82, 2.24) is 10.6 Å². The Balaban J connectivity index is 2.08. The number of ether oxygens (including phenoxy) is 1. The Kier molecular flexibility index (Phi) is 6.28. The van der Waals surface area contributed by atoms with E-state index in [-0.39, 0.29) is 0 Å². The third-order valence-corrected chi connectivity index (χ3v) is 3.18. The van der Waals surface area contributed by atoms with Crippen molar-refractivity contribution in [2.75, 3.05) is 39.9 Å². The summed E-state index contributed by atoms with van der Waals surface area (Å²) in [6.07, 6.45) is 3.24. The monoisotopic (exact) mass is 230 g/mol. The van der Waals surface area contributed by atoms with Gasteiger partial charge in [-0.15, -0.1) is 0 Å². The van der Waals surface area contributed by atoms with Crippen LogP contribution in [0.4, 0.5) is 0 Å². The number of hydrogen-bond acceptors (Lipinski definition) is 4. The molecule has 0 aromatic carbocycles. The molecule has 2 atom stereocenters. The second kappa shape index (κ2) is 7.22. The molecule has 3 N–H and O–H groups in total. The van der Waals surface area contributed by atoms with Crippen LogP contribution in [0.1, 0.15) is 26.2 Å². The standard InChI is InChI=1S/C12H26N2O2/c1-12(15,5-7-16-2)10-14-9-11-4-3-6-13-8-11/h11,13-15H,3-10H2,1-2H3. The van der Waals surface area contributed by atoms with Gasteiger partial charge in [-0.1, -0.05) is 0 Å². The Morgan fingerprint density at radius 1 is 1.56 bits per heavy atom. The lowest BCUT2D eigenvalue weighted by Gasteiger charge is -2.27. The van der Waals surface area contributed by atoms with Gasteiger partial charge in [0.2, 0.25) is 0 Å². The van der Waals surface area contributed by atoms with Gasteiger partial charge in [-0.3, -0.25) is 0 Å². The number of hydrogen-bond donors (Lipinski definition) is 3. The molecule has 1 fully saturated rings. The predicted molar refractivity (Wildman–Crippen MR) is 65.6 cm³/mol. The number of piperidine rings is 1. The summed E-state index contributed by atoms with van der Waals surface area (Å²) >= 11 is 0. The fraction of sp³-hybridized carbons (Fsp3) is 1.00. The van der Waals surface area contributed by atoms with Crippen LogP contribution in [-0.2, 0) is 4.74 Å². The van der Waals surface area contributed by atoms with Crippen molar-refractivity contribution in [2.24, 2.45) is 5.92 Å². The van der Waals surface area contributed by atoms with Crippen LogP contribution in [0.3, 0.4) is 0 Å². The Hall–Kier alpha value is -0.160. The zero-order chi connectivity index (χ0) is 11.9. The van der Waals surface area contributed by atoms with E-state index in [1.165, 1.54) is 12.8 Å². The van der Waals surface area contributed by atoms with Gasteiger partial charge >= 0.3 is 0 Å². The van der Waals surface area contributed by atoms with E-state index in [9.17, 15) is 5.11 Å². The van der Waals surface area contributed by atoms with Gasteiger partial charge in [-0.05, 0) is 45.3 Å². The van der Waals surface area contributed by atoms with Gasteiger partial charge in [0.25, 0.3) is 0 Å². The smallest absolute Gasteiger partial charge is 0.0765 e. The van der Waals surface area contributed by atoms with Gasteiger partial charge in [0.1, 0.15) is 0 Å². The largest absolute Gasteiger partial charge is 0.389 e. The molecule has 2 unspecified atom stereocenters. The quantitative estimate of drug-likeness (QED) is 0.591. The van der Waals surface area contributed by atoms with E-state index >= 15 is 0 Å². The third-order valence-electron chi connectivity index (χ3n) is 3.18. The molecule has 0 aromatic rings. The van der Waals surface area contributed by atoms with E-state index < -0.39 is 5.60 Å². The minimum absolute atomic E-state index is 0.611. The highest BCUT2D eigenvalue weighted by molar-refractivity contribution is 4.77. The van der Waals surface area contributed by atoms with Crippen LogP contribution < -0.4 is 10.6 Å². The van der Waals surface area contributed by atoms with Crippen LogP contribution >= 0.6 is 0 Å². The maximum absolute atomic E-state index is 10.0. The van der Waals surface area contributed by atoms with Crippen molar-refractivity contribution in [2.45, 2.75) is 31.8 Å². The fourth-order valence-corrected chi connectivity index (χ4v) is 2.05. The molecule has 0 bridgehead atoms. The molecule has 96 valence electrons. The second-order valence-electron chi connectivity index (χ2n) is 5.08. The molecule has 1 heterocycles. The summed E-state index contributed by atoms with van der Waals surface area (Å²) < 4.78 is 4.98. The van der Waals surface area contributed by atoms with Crippen LogP contribution in [0.25, 0.3) is 0 Å². The first-order chi connectivity index (χ1) is 7.64. The van der Waals surface area contributed by atoms with Crippen LogP contribution in [-0.4, -0.2) is 50.6 Å². The Morgan fingerprint density at radius 3 is 3.00 bits per heavy atom. The molecule has 0 radical (unpaired) electrons.